The number of carbonyl (C=O) groups is 1. The smallest absolute Gasteiger partial charge is 0.226 e. The predicted molar refractivity (Wildman–Crippen MR) is 80.4 cm³/mol. The number of aromatic nitrogens is 2. The molecule has 0 fully saturated rings. The molecule has 0 N–H and O–H groups in total. The molecule has 0 aromatic carbocycles. The van der Waals surface area contributed by atoms with Crippen LogP contribution in [0.25, 0.3) is 0 Å². The van der Waals surface area contributed by atoms with E-state index in [1.807, 2.05) is 11.8 Å². The van der Waals surface area contributed by atoms with Gasteiger partial charge in [0.1, 0.15) is 0 Å². The number of carbonyl (C=O) groups excluding carboxylic acids is 1. The van der Waals surface area contributed by atoms with Crippen LogP contribution >= 0.6 is 0 Å². The molecule has 1 aliphatic carbocycles. The van der Waals surface area contributed by atoms with Gasteiger partial charge in [0.05, 0.1) is 6.54 Å². The van der Waals surface area contributed by atoms with Gasteiger partial charge in [-0.25, -0.2) is 0 Å². The molecule has 1 aliphatic rings. The van der Waals surface area contributed by atoms with Crippen molar-refractivity contribution < 1.29 is 9.32 Å². The van der Waals surface area contributed by atoms with Crippen LogP contribution in [0.5, 0.6) is 0 Å². The normalized spacial score (nSPS) is 18.2. The fraction of sp³-hybridized carbons (Fsp3) is 0.688. The lowest BCUT2D eigenvalue weighted by molar-refractivity contribution is -0.136. The Labute approximate surface area is 126 Å². The molecule has 2 rings (SSSR count). The third kappa shape index (κ3) is 4.41. The first kappa shape index (κ1) is 15.7. The van der Waals surface area contributed by atoms with Crippen LogP contribution in [0.15, 0.2) is 16.7 Å². The number of rotatable bonds is 6. The molecule has 1 heterocycles. The number of amides is 1. The summed E-state index contributed by atoms with van der Waals surface area (Å²) in [6.45, 7) is 7.33. The molecule has 0 saturated carbocycles. The maximum Gasteiger partial charge on any atom is 0.226 e. The summed E-state index contributed by atoms with van der Waals surface area (Å²) in [5.41, 5.74) is 0. The van der Waals surface area contributed by atoms with E-state index in [2.05, 4.69) is 36.1 Å². The summed E-state index contributed by atoms with van der Waals surface area (Å²) in [6.07, 6.45) is 7.82. The zero-order valence-corrected chi connectivity index (χ0v) is 13.2. The zero-order valence-electron chi connectivity index (χ0n) is 13.2. The second-order valence-electron chi connectivity index (χ2n) is 6.04. The minimum absolute atomic E-state index is 0.108. The first-order valence-corrected chi connectivity index (χ1v) is 7.85. The molecule has 0 unspecified atom stereocenters. The van der Waals surface area contributed by atoms with Gasteiger partial charge in [-0.2, -0.15) is 4.98 Å². The predicted octanol–water partition coefficient (Wildman–Crippen LogP) is 2.97. The van der Waals surface area contributed by atoms with Crippen molar-refractivity contribution in [2.75, 3.05) is 6.54 Å². The van der Waals surface area contributed by atoms with Crippen molar-refractivity contribution in [2.24, 2.45) is 11.8 Å². The fourth-order valence-corrected chi connectivity index (χ4v) is 2.58. The summed E-state index contributed by atoms with van der Waals surface area (Å²) >= 11 is 0. The molecule has 5 heteroatoms. The van der Waals surface area contributed by atoms with Crippen LogP contribution in [0.4, 0.5) is 0 Å². The highest BCUT2D eigenvalue weighted by Gasteiger charge is 2.24. The molecule has 0 bridgehead atoms. The summed E-state index contributed by atoms with van der Waals surface area (Å²) in [4.78, 5) is 18.7. The summed E-state index contributed by atoms with van der Waals surface area (Å²) in [5, 5.41) is 3.99. The van der Waals surface area contributed by atoms with E-state index in [4.69, 9.17) is 4.52 Å². The Bertz CT molecular complexity index is 493. The van der Waals surface area contributed by atoms with Crippen molar-refractivity contribution in [1.29, 1.82) is 0 Å². The summed E-state index contributed by atoms with van der Waals surface area (Å²) in [5.74, 6) is 2.06. The quantitative estimate of drug-likeness (QED) is 0.756. The van der Waals surface area contributed by atoms with Crippen LogP contribution in [-0.2, 0) is 17.8 Å². The van der Waals surface area contributed by atoms with Gasteiger partial charge < -0.3 is 9.42 Å². The fourth-order valence-electron chi connectivity index (χ4n) is 2.58. The Kier molecular flexibility index (Phi) is 5.53. The average molecular weight is 291 g/mol. The standard InChI is InChI=1S/C16H25N3O2/c1-4-19(16(20)13-8-6-5-7-9-13)11-14-17-15(21-18-14)10-12(2)3/h5-6,12-13H,4,7-11H2,1-3H3/t13-/m0/s1. The Morgan fingerprint density at radius 3 is 2.90 bits per heavy atom. The maximum absolute atomic E-state index is 12.5. The molecule has 1 aromatic rings. The van der Waals surface area contributed by atoms with Gasteiger partial charge >= 0.3 is 0 Å². The first-order valence-electron chi connectivity index (χ1n) is 7.85. The molecule has 1 amide bonds. The largest absolute Gasteiger partial charge is 0.339 e. The van der Waals surface area contributed by atoms with E-state index < -0.39 is 0 Å². The van der Waals surface area contributed by atoms with Crippen LogP contribution in [-0.4, -0.2) is 27.5 Å². The monoisotopic (exact) mass is 291 g/mol. The van der Waals surface area contributed by atoms with Crippen LogP contribution in [0.3, 0.4) is 0 Å². The summed E-state index contributed by atoms with van der Waals surface area (Å²) < 4.78 is 5.24. The van der Waals surface area contributed by atoms with Gasteiger partial charge in [-0.05, 0) is 32.1 Å². The Hall–Kier alpha value is -1.65. The van der Waals surface area contributed by atoms with Crippen LogP contribution in [0.1, 0.15) is 51.7 Å². The average Bonchev–Trinajstić information content (AvgIpc) is 2.91. The SMILES string of the molecule is CCN(Cc1noc(CC(C)C)n1)C(=O)[C@H]1CC=CCC1. The van der Waals surface area contributed by atoms with Crippen LogP contribution in [0, 0.1) is 11.8 Å². The van der Waals surface area contributed by atoms with Crippen molar-refractivity contribution in [2.45, 2.75) is 53.0 Å². The zero-order chi connectivity index (χ0) is 15.2. The molecule has 116 valence electrons. The van der Waals surface area contributed by atoms with Gasteiger partial charge in [-0.1, -0.05) is 31.2 Å². The third-order valence-corrected chi connectivity index (χ3v) is 3.74. The van der Waals surface area contributed by atoms with Crippen molar-refractivity contribution in [1.82, 2.24) is 15.0 Å². The summed E-state index contributed by atoms with van der Waals surface area (Å²) in [6, 6.07) is 0. The van der Waals surface area contributed by atoms with Gasteiger partial charge in [0.2, 0.25) is 11.8 Å². The van der Waals surface area contributed by atoms with Gasteiger partial charge in [0.25, 0.3) is 0 Å². The molecule has 5 nitrogen and oxygen atoms in total. The van der Waals surface area contributed by atoms with E-state index in [-0.39, 0.29) is 11.8 Å². The van der Waals surface area contributed by atoms with Crippen molar-refractivity contribution in [3.05, 3.63) is 23.9 Å². The maximum atomic E-state index is 12.5. The van der Waals surface area contributed by atoms with Gasteiger partial charge in [-0.15, -0.1) is 0 Å². The first-order chi connectivity index (χ1) is 10.1. The van der Waals surface area contributed by atoms with Gasteiger partial charge in [0.15, 0.2) is 5.82 Å². The van der Waals surface area contributed by atoms with E-state index >= 15 is 0 Å². The highest BCUT2D eigenvalue weighted by atomic mass is 16.5. The molecule has 0 radical (unpaired) electrons. The van der Waals surface area contributed by atoms with Crippen LogP contribution < -0.4 is 0 Å². The minimum atomic E-state index is 0.108. The number of hydrogen-bond donors (Lipinski definition) is 0. The Morgan fingerprint density at radius 1 is 1.48 bits per heavy atom. The van der Waals surface area contributed by atoms with Gasteiger partial charge in [-0.3, -0.25) is 4.79 Å². The lowest BCUT2D eigenvalue weighted by Gasteiger charge is -2.25. The number of allylic oxidation sites excluding steroid dienone is 2. The molecule has 1 atom stereocenters. The molecular weight excluding hydrogens is 266 g/mol. The summed E-state index contributed by atoms with van der Waals surface area (Å²) in [7, 11) is 0. The Balaban J connectivity index is 1.96. The van der Waals surface area contributed by atoms with E-state index in [0.717, 1.165) is 25.7 Å². The Morgan fingerprint density at radius 2 is 2.29 bits per heavy atom. The second kappa shape index (κ2) is 7.38. The third-order valence-electron chi connectivity index (χ3n) is 3.74. The molecule has 0 saturated heterocycles. The number of nitrogens with zero attached hydrogens (tertiary/aromatic N) is 3. The van der Waals surface area contributed by atoms with E-state index in [1.165, 1.54) is 0 Å². The molecule has 21 heavy (non-hydrogen) atoms. The molecule has 1 aromatic heterocycles. The van der Waals surface area contributed by atoms with E-state index in [0.29, 0.717) is 30.7 Å². The lowest BCUT2D eigenvalue weighted by atomic mass is 9.93. The van der Waals surface area contributed by atoms with Gasteiger partial charge in [0, 0.05) is 18.9 Å². The van der Waals surface area contributed by atoms with E-state index in [9.17, 15) is 4.79 Å². The number of hydrogen-bond acceptors (Lipinski definition) is 4. The van der Waals surface area contributed by atoms with Crippen molar-refractivity contribution in [3.63, 3.8) is 0 Å². The second-order valence-corrected chi connectivity index (χ2v) is 6.04. The van der Waals surface area contributed by atoms with Crippen LogP contribution in [0.2, 0.25) is 0 Å². The van der Waals surface area contributed by atoms with E-state index in [1.54, 1.807) is 0 Å². The minimum Gasteiger partial charge on any atom is -0.339 e. The van der Waals surface area contributed by atoms with Crippen molar-refractivity contribution >= 4 is 5.91 Å². The topological polar surface area (TPSA) is 59.2 Å². The highest BCUT2D eigenvalue weighted by Crippen LogP contribution is 2.21. The highest BCUT2D eigenvalue weighted by molar-refractivity contribution is 5.79. The molecular formula is C16H25N3O2. The lowest BCUT2D eigenvalue weighted by Crippen LogP contribution is -2.36. The molecule has 0 spiro atoms. The van der Waals surface area contributed by atoms with Crippen molar-refractivity contribution in [3.8, 4) is 0 Å². The molecule has 0 aliphatic heterocycles.